The van der Waals surface area contributed by atoms with Crippen LogP contribution in [-0.2, 0) is 7.05 Å². The molecule has 1 aromatic carbocycles. The Morgan fingerprint density at radius 3 is 2.64 bits per heavy atom. The Bertz CT molecular complexity index is 858. The fraction of sp³-hybridized carbons (Fsp3) is 0.591. The van der Waals surface area contributed by atoms with E-state index in [2.05, 4.69) is 10.2 Å². The van der Waals surface area contributed by atoms with Crippen molar-refractivity contribution < 1.29 is 14.3 Å². The van der Waals surface area contributed by atoms with Crippen LogP contribution in [-0.4, -0.2) is 55.3 Å². The number of benzene rings is 1. The summed E-state index contributed by atoms with van der Waals surface area (Å²) in [6.45, 7) is 3.19. The minimum Gasteiger partial charge on any atom is -0.496 e. The molecule has 3 heterocycles. The van der Waals surface area contributed by atoms with Gasteiger partial charge in [0.15, 0.2) is 0 Å². The summed E-state index contributed by atoms with van der Waals surface area (Å²) in [5.41, 5.74) is 1.51. The number of fused-ring (bicyclic) bond motifs is 2. The molecule has 2 fully saturated rings. The number of carbonyl (C=O) groups is 1. The van der Waals surface area contributed by atoms with E-state index in [9.17, 15) is 4.79 Å². The third kappa shape index (κ3) is 3.34. The van der Waals surface area contributed by atoms with Gasteiger partial charge in [-0.3, -0.25) is 4.79 Å². The van der Waals surface area contributed by atoms with Gasteiger partial charge in [0.2, 0.25) is 0 Å². The van der Waals surface area contributed by atoms with Crippen molar-refractivity contribution in [3.63, 3.8) is 0 Å². The zero-order valence-electron chi connectivity index (χ0n) is 17.2. The van der Waals surface area contributed by atoms with Crippen LogP contribution in [0.2, 0.25) is 0 Å². The molecule has 1 amide bonds. The van der Waals surface area contributed by atoms with Crippen molar-refractivity contribution in [3.8, 4) is 11.5 Å². The number of methoxy groups -OCH3 is 2. The second-order valence-electron chi connectivity index (χ2n) is 8.03. The Hall–Kier alpha value is -2.21. The van der Waals surface area contributed by atoms with Crippen molar-refractivity contribution in [2.24, 2.45) is 13.0 Å². The van der Waals surface area contributed by atoms with E-state index in [-0.39, 0.29) is 5.91 Å². The van der Waals surface area contributed by atoms with Crippen LogP contribution in [0, 0.1) is 5.92 Å². The van der Waals surface area contributed by atoms with Gasteiger partial charge in [-0.2, -0.15) is 0 Å². The summed E-state index contributed by atoms with van der Waals surface area (Å²) >= 11 is 0. The minimum absolute atomic E-state index is 0.0317. The Balaban J connectivity index is 1.53. The van der Waals surface area contributed by atoms with E-state index < -0.39 is 0 Å². The number of piperidine rings is 2. The van der Waals surface area contributed by atoms with Crippen molar-refractivity contribution in [2.45, 2.75) is 38.1 Å². The molecule has 0 saturated carbocycles. The Labute approximate surface area is 166 Å². The summed E-state index contributed by atoms with van der Waals surface area (Å²) in [6, 6.07) is 6.29. The topological polar surface area (TPSA) is 55.7 Å². The lowest BCUT2D eigenvalue weighted by molar-refractivity contribution is 0.0574. The third-order valence-electron chi connectivity index (χ3n) is 6.54. The molecule has 1 N–H and O–H groups in total. The van der Waals surface area contributed by atoms with Crippen LogP contribution in [0.5, 0.6) is 11.5 Å². The molecular weight excluding hydrogens is 354 g/mol. The summed E-state index contributed by atoms with van der Waals surface area (Å²) in [6.07, 6.45) is 6.34. The SMILES string of the molecule is COc1ccc(OC)c2c1cc(C(=O)NCC1CCCN3CCCCC13)n2C. The molecule has 28 heavy (non-hydrogen) atoms. The first-order valence-electron chi connectivity index (χ1n) is 10.4. The van der Waals surface area contributed by atoms with Crippen LogP contribution in [0.25, 0.3) is 10.9 Å². The molecule has 1 aromatic heterocycles. The highest BCUT2D eigenvalue weighted by molar-refractivity contribution is 6.02. The zero-order valence-corrected chi connectivity index (χ0v) is 17.2. The molecule has 4 rings (SSSR count). The molecule has 0 spiro atoms. The number of ether oxygens (including phenoxy) is 2. The van der Waals surface area contributed by atoms with Gasteiger partial charge in [-0.05, 0) is 62.9 Å². The second kappa shape index (κ2) is 8.03. The van der Waals surface area contributed by atoms with Gasteiger partial charge in [-0.25, -0.2) is 0 Å². The first kappa shape index (κ1) is 19.1. The fourth-order valence-corrected chi connectivity index (χ4v) is 5.10. The third-order valence-corrected chi connectivity index (χ3v) is 6.54. The Kier molecular flexibility index (Phi) is 5.49. The van der Waals surface area contributed by atoms with Crippen molar-refractivity contribution in [1.82, 2.24) is 14.8 Å². The summed E-state index contributed by atoms with van der Waals surface area (Å²) < 4.78 is 12.9. The molecule has 6 nitrogen and oxygen atoms in total. The quantitative estimate of drug-likeness (QED) is 0.859. The maximum absolute atomic E-state index is 13.0. The number of nitrogens with zero attached hydrogens (tertiary/aromatic N) is 2. The van der Waals surface area contributed by atoms with E-state index in [1.54, 1.807) is 14.2 Å². The predicted molar refractivity (Wildman–Crippen MR) is 110 cm³/mol. The van der Waals surface area contributed by atoms with Crippen molar-refractivity contribution in [1.29, 1.82) is 0 Å². The predicted octanol–water partition coefficient (Wildman–Crippen LogP) is 3.19. The average molecular weight is 386 g/mol. The van der Waals surface area contributed by atoms with Gasteiger partial charge < -0.3 is 24.3 Å². The number of rotatable bonds is 5. The number of amides is 1. The highest BCUT2D eigenvalue weighted by Gasteiger charge is 2.33. The number of nitrogens with one attached hydrogen (secondary N) is 1. The van der Waals surface area contributed by atoms with E-state index in [0.29, 0.717) is 17.7 Å². The van der Waals surface area contributed by atoms with Gasteiger partial charge in [0, 0.05) is 25.0 Å². The van der Waals surface area contributed by atoms with E-state index in [1.165, 1.54) is 45.2 Å². The van der Waals surface area contributed by atoms with Crippen molar-refractivity contribution >= 4 is 16.8 Å². The van der Waals surface area contributed by atoms with Crippen LogP contribution >= 0.6 is 0 Å². The highest BCUT2D eigenvalue weighted by atomic mass is 16.5. The van der Waals surface area contributed by atoms with Gasteiger partial charge >= 0.3 is 0 Å². The van der Waals surface area contributed by atoms with Crippen molar-refractivity contribution in [3.05, 3.63) is 23.9 Å². The molecule has 0 bridgehead atoms. The Morgan fingerprint density at radius 1 is 1.11 bits per heavy atom. The lowest BCUT2D eigenvalue weighted by Crippen LogP contribution is -2.51. The first-order valence-corrected chi connectivity index (χ1v) is 10.4. The van der Waals surface area contributed by atoms with Gasteiger partial charge in [0.05, 0.1) is 19.7 Å². The molecule has 2 aromatic rings. The summed E-state index contributed by atoms with van der Waals surface area (Å²) in [7, 11) is 5.20. The minimum atomic E-state index is -0.0317. The van der Waals surface area contributed by atoms with Gasteiger partial charge in [0.25, 0.3) is 5.91 Å². The molecule has 2 saturated heterocycles. The molecule has 2 aliphatic rings. The number of aromatic nitrogens is 1. The first-order chi connectivity index (χ1) is 13.6. The number of hydrogen-bond acceptors (Lipinski definition) is 4. The maximum Gasteiger partial charge on any atom is 0.267 e. The van der Waals surface area contributed by atoms with Gasteiger partial charge in [-0.1, -0.05) is 6.42 Å². The smallest absolute Gasteiger partial charge is 0.267 e. The summed E-state index contributed by atoms with van der Waals surface area (Å²) in [5, 5.41) is 4.10. The van der Waals surface area contributed by atoms with Crippen LogP contribution in [0.4, 0.5) is 0 Å². The molecule has 152 valence electrons. The lowest BCUT2D eigenvalue weighted by Gasteiger charge is -2.44. The number of hydrogen-bond donors (Lipinski definition) is 1. The number of carbonyl (C=O) groups excluding carboxylic acids is 1. The van der Waals surface area contributed by atoms with E-state index >= 15 is 0 Å². The lowest BCUT2D eigenvalue weighted by atomic mass is 9.83. The number of aryl methyl sites for hydroxylation is 1. The normalized spacial score (nSPS) is 22.7. The van der Waals surface area contributed by atoms with Crippen LogP contribution < -0.4 is 14.8 Å². The van der Waals surface area contributed by atoms with Crippen LogP contribution in [0.1, 0.15) is 42.6 Å². The molecule has 0 aliphatic carbocycles. The van der Waals surface area contributed by atoms with E-state index in [0.717, 1.165) is 28.9 Å². The van der Waals surface area contributed by atoms with Gasteiger partial charge in [0.1, 0.15) is 17.2 Å². The molecule has 6 heteroatoms. The van der Waals surface area contributed by atoms with E-state index in [4.69, 9.17) is 9.47 Å². The van der Waals surface area contributed by atoms with E-state index in [1.807, 2.05) is 29.8 Å². The highest BCUT2D eigenvalue weighted by Crippen LogP contribution is 2.35. The van der Waals surface area contributed by atoms with Crippen molar-refractivity contribution in [2.75, 3.05) is 33.9 Å². The summed E-state index contributed by atoms with van der Waals surface area (Å²) in [4.78, 5) is 15.6. The average Bonchev–Trinajstić information content (AvgIpc) is 3.09. The molecule has 2 unspecified atom stereocenters. The molecule has 2 aliphatic heterocycles. The van der Waals surface area contributed by atoms with Crippen LogP contribution in [0.3, 0.4) is 0 Å². The zero-order chi connectivity index (χ0) is 19.7. The molecule has 2 atom stereocenters. The monoisotopic (exact) mass is 385 g/mol. The summed E-state index contributed by atoms with van der Waals surface area (Å²) in [5.74, 6) is 2.01. The van der Waals surface area contributed by atoms with Gasteiger partial charge in [-0.15, -0.1) is 0 Å². The molecule has 0 radical (unpaired) electrons. The second-order valence-corrected chi connectivity index (χ2v) is 8.03. The fourth-order valence-electron chi connectivity index (χ4n) is 5.10. The standard InChI is InChI=1S/C22H31N3O3/c1-24-18(13-16-19(27-2)9-10-20(28-3)21(16)24)22(26)23-14-15-7-6-12-25-11-5-4-8-17(15)25/h9-10,13,15,17H,4-8,11-12,14H2,1-3H3,(H,23,26). The largest absolute Gasteiger partial charge is 0.496 e. The maximum atomic E-state index is 13.0. The Morgan fingerprint density at radius 2 is 1.86 bits per heavy atom. The van der Waals surface area contributed by atoms with Crippen LogP contribution in [0.15, 0.2) is 18.2 Å². The molecular formula is C22H31N3O3.